The molecule has 0 aliphatic carbocycles. The number of aliphatic hydroxyl groups excluding tert-OH is 7. The first-order valence-electron chi connectivity index (χ1n) is 9.37. The van der Waals surface area contributed by atoms with E-state index in [-0.39, 0.29) is 5.75 Å². The maximum Gasteiger partial charge on any atom is 0.229 e. The van der Waals surface area contributed by atoms with Crippen molar-refractivity contribution < 1.29 is 54.7 Å². The maximum absolute atomic E-state index is 10.6. The van der Waals surface area contributed by atoms with E-state index in [2.05, 4.69) is 0 Å². The predicted molar refractivity (Wildman–Crippen MR) is 97.9 cm³/mol. The van der Waals surface area contributed by atoms with Gasteiger partial charge in [0.05, 0.1) is 13.2 Å². The number of anilines is 1. The number of nitrogens with two attached hydrogens (primary N) is 1. The fourth-order valence-electron chi connectivity index (χ4n) is 3.33. The quantitative estimate of drug-likeness (QED) is 0.204. The third kappa shape index (κ3) is 4.68. The van der Waals surface area contributed by atoms with Gasteiger partial charge < -0.3 is 60.4 Å². The molecule has 0 radical (unpaired) electrons. The molecule has 9 N–H and O–H groups in total. The van der Waals surface area contributed by atoms with Crippen LogP contribution in [0.3, 0.4) is 0 Å². The van der Waals surface area contributed by atoms with Gasteiger partial charge >= 0.3 is 0 Å². The average Bonchev–Trinajstić information content (AvgIpc) is 2.74. The third-order valence-electron chi connectivity index (χ3n) is 5.09. The molecule has 1 aromatic rings. The molecular weight excluding hydrogens is 406 g/mol. The molecule has 12 heteroatoms. The Morgan fingerprint density at radius 3 is 1.90 bits per heavy atom. The van der Waals surface area contributed by atoms with Crippen LogP contribution in [0.2, 0.25) is 0 Å². The zero-order valence-corrected chi connectivity index (χ0v) is 15.8. The lowest BCUT2D eigenvalue weighted by Gasteiger charge is -2.45. The van der Waals surface area contributed by atoms with E-state index < -0.39 is 74.6 Å². The van der Waals surface area contributed by atoms with Gasteiger partial charge in [0.1, 0.15) is 54.6 Å². The molecule has 0 amide bonds. The zero-order chi connectivity index (χ0) is 22.0. The Hall–Kier alpha value is -1.58. The van der Waals surface area contributed by atoms with Crippen LogP contribution in [-0.4, -0.2) is 110 Å². The van der Waals surface area contributed by atoms with Crippen molar-refractivity contribution in [3.05, 3.63) is 24.3 Å². The van der Waals surface area contributed by atoms with Crippen molar-refractivity contribution in [1.29, 1.82) is 0 Å². The molecule has 3 rings (SSSR count). The summed E-state index contributed by atoms with van der Waals surface area (Å²) in [7, 11) is 0. The van der Waals surface area contributed by atoms with E-state index in [1.807, 2.05) is 0 Å². The van der Waals surface area contributed by atoms with Gasteiger partial charge in [0, 0.05) is 5.69 Å². The van der Waals surface area contributed by atoms with Crippen LogP contribution in [0.1, 0.15) is 0 Å². The Labute approximate surface area is 171 Å². The molecular formula is C18H27NO11. The minimum absolute atomic E-state index is 0.285. The SMILES string of the molecule is Nc1ccc(OC2OC(CO)C(O)C(OC3OC(CO)C(O)C(O)C3O)C2O)cc1. The van der Waals surface area contributed by atoms with E-state index in [9.17, 15) is 35.7 Å². The molecule has 10 unspecified atom stereocenters. The fraction of sp³-hybridized carbons (Fsp3) is 0.667. The largest absolute Gasteiger partial charge is 0.462 e. The number of ether oxygens (including phenoxy) is 4. The van der Waals surface area contributed by atoms with Gasteiger partial charge in [-0.15, -0.1) is 0 Å². The minimum Gasteiger partial charge on any atom is -0.462 e. The lowest BCUT2D eigenvalue weighted by Crippen LogP contribution is -2.65. The summed E-state index contributed by atoms with van der Waals surface area (Å²) >= 11 is 0. The molecule has 10 atom stereocenters. The topological polar surface area (TPSA) is 205 Å². The number of rotatable bonds is 6. The molecule has 12 nitrogen and oxygen atoms in total. The summed E-state index contributed by atoms with van der Waals surface area (Å²) in [4.78, 5) is 0. The van der Waals surface area contributed by atoms with E-state index in [0.29, 0.717) is 5.69 Å². The Balaban J connectivity index is 1.76. The monoisotopic (exact) mass is 433 g/mol. The highest BCUT2D eigenvalue weighted by molar-refractivity contribution is 5.41. The van der Waals surface area contributed by atoms with Crippen molar-refractivity contribution in [3.63, 3.8) is 0 Å². The van der Waals surface area contributed by atoms with E-state index in [1.165, 1.54) is 12.1 Å². The lowest BCUT2D eigenvalue weighted by atomic mass is 9.97. The Kier molecular flexibility index (Phi) is 7.47. The first-order chi connectivity index (χ1) is 14.3. The normalized spacial score (nSPS) is 42.1. The Morgan fingerprint density at radius 2 is 1.30 bits per heavy atom. The van der Waals surface area contributed by atoms with Crippen LogP contribution < -0.4 is 10.5 Å². The van der Waals surface area contributed by atoms with Gasteiger partial charge in [-0.1, -0.05) is 0 Å². The first-order valence-corrected chi connectivity index (χ1v) is 9.37. The zero-order valence-electron chi connectivity index (χ0n) is 15.8. The molecule has 1 aromatic carbocycles. The summed E-state index contributed by atoms with van der Waals surface area (Å²) in [5, 5.41) is 69.8. The van der Waals surface area contributed by atoms with Crippen LogP contribution in [0.4, 0.5) is 5.69 Å². The van der Waals surface area contributed by atoms with Crippen molar-refractivity contribution in [3.8, 4) is 5.75 Å². The van der Waals surface area contributed by atoms with Crippen molar-refractivity contribution in [1.82, 2.24) is 0 Å². The Bertz CT molecular complexity index is 675. The van der Waals surface area contributed by atoms with Crippen molar-refractivity contribution >= 4 is 5.69 Å². The molecule has 2 saturated heterocycles. The highest BCUT2D eigenvalue weighted by atomic mass is 16.7. The molecule has 0 saturated carbocycles. The van der Waals surface area contributed by atoms with Crippen LogP contribution in [0, 0.1) is 0 Å². The summed E-state index contributed by atoms with van der Waals surface area (Å²) in [5.74, 6) is 0.285. The number of aliphatic hydroxyl groups is 7. The van der Waals surface area contributed by atoms with Gasteiger partial charge in [-0.25, -0.2) is 0 Å². The molecule has 2 aliphatic rings. The van der Waals surface area contributed by atoms with Gasteiger partial charge in [0.25, 0.3) is 0 Å². The molecule has 2 fully saturated rings. The predicted octanol–water partition coefficient (Wildman–Crippen LogP) is -3.73. The smallest absolute Gasteiger partial charge is 0.229 e. The lowest BCUT2D eigenvalue weighted by molar-refractivity contribution is -0.352. The van der Waals surface area contributed by atoms with Crippen molar-refractivity contribution in [2.75, 3.05) is 18.9 Å². The third-order valence-corrected chi connectivity index (χ3v) is 5.09. The van der Waals surface area contributed by atoms with Crippen LogP contribution in [0.15, 0.2) is 24.3 Å². The number of hydrogen-bond acceptors (Lipinski definition) is 12. The molecule has 0 spiro atoms. The van der Waals surface area contributed by atoms with Crippen molar-refractivity contribution in [2.45, 2.75) is 61.4 Å². The second-order valence-corrected chi connectivity index (χ2v) is 7.19. The van der Waals surface area contributed by atoms with Gasteiger partial charge in [0.2, 0.25) is 6.29 Å². The summed E-state index contributed by atoms with van der Waals surface area (Å²) in [6, 6.07) is 6.17. The number of benzene rings is 1. The highest BCUT2D eigenvalue weighted by Crippen LogP contribution is 2.30. The molecule has 2 aliphatic heterocycles. The fourth-order valence-corrected chi connectivity index (χ4v) is 3.33. The van der Waals surface area contributed by atoms with Crippen molar-refractivity contribution in [2.24, 2.45) is 0 Å². The second-order valence-electron chi connectivity index (χ2n) is 7.19. The number of hydrogen-bond donors (Lipinski definition) is 8. The Morgan fingerprint density at radius 1 is 0.733 bits per heavy atom. The first kappa shape index (κ1) is 23.1. The maximum atomic E-state index is 10.6. The van der Waals surface area contributed by atoms with Crippen LogP contribution in [0.5, 0.6) is 5.75 Å². The van der Waals surface area contributed by atoms with Gasteiger partial charge in [-0.3, -0.25) is 0 Å². The molecule has 170 valence electrons. The minimum atomic E-state index is -1.74. The second kappa shape index (κ2) is 9.70. The summed E-state index contributed by atoms with van der Waals surface area (Å²) in [6.07, 6.45) is -15.1. The van der Waals surface area contributed by atoms with Gasteiger partial charge in [0.15, 0.2) is 6.29 Å². The van der Waals surface area contributed by atoms with Gasteiger partial charge in [-0.05, 0) is 24.3 Å². The molecule has 0 aromatic heterocycles. The van der Waals surface area contributed by atoms with Crippen LogP contribution in [0.25, 0.3) is 0 Å². The standard InChI is InChI=1S/C18H27NO11/c19-7-1-3-8(4-2-7)27-18-15(26)16(12(23)10(6-21)29-18)30-17-14(25)13(24)11(22)9(5-20)28-17/h1-4,9-18,20-26H,5-6,19H2. The van der Waals surface area contributed by atoms with E-state index in [4.69, 9.17) is 24.7 Å². The molecule has 2 heterocycles. The van der Waals surface area contributed by atoms with Crippen LogP contribution in [-0.2, 0) is 14.2 Å². The highest BCUT2D eigenvalue weighted by Gasteiger charge is 2.51. The van der Waals surface area contributed by atoms with E-state index >= 15 is 0 Å². The van der Waals surface area contributed by atoms with Crippen LogP contribution >= 0.6 is 0 Å². The summed E-state index contributed by atoms with van der Waals surface area (Å²) < 4.78 is 21.7. The summed E-state index contributed by atoms with van der Waals surface area (Å²) in [5.41, 5.74) is 6.10. The average molecular weight is 433 g/mol. The summed E-state index contributed by atoms with van der Waals surface area (Å²) in [6.45, 7) is -1.31. The number of nitrogen functional groups attached to an aromatic ring is 1. The molecule has 0 bridgehead atoms. The molecule has 30 heavy (non-hydrogen) atoms. The van der Waals surface area contributed by atoms with E-state index in [0.717, 1.165) is 0 Å². The van der Waals surface area contributed by atoms with Gasteiger partial charge in [-0.2, -0.15) is 0 Å². The van der Waals surface area contributed by atoms with E-state index in [1.54, 1.807) is 12.1 Å².